The van der Waals surface area contributed by atoms with E-state index in [-0.39, 0.29) is 0 Å². The molecule has 0 spiro atoms. The first kappa shape index (κ1) is 15.4. The molecule has 5 nitrogen and oxygen atoms in total. The number of nitrogens with zero attached hydrogens (tertiary/aromatic N) is 4. The third-order valence-electron chi connectivity index (χ3n) is 3.44. The van der Waals surface area contributed by atoms with Gasteiger partial charge in [-0.2, -0.15) is 10.1 Å². The molecule has 3 rings (SSSR count). The van der Waals surface area contributed by atoms with Gasteiger partial charge in [0.1, 0.15) is 0 Å². The zero-order valence-corrected chi connectivity index (χ0v) is 14.4. The zero-order chi connectivity index (χ0) is 16.2. The molecule has 116 valence electrons. The quantitative estimate of drug-likeness (QED) is 0.735. The highest BCUT2D eigenvalue weighted by molar-refractivity contribution is 9.10. The van der Waals surface area contributed by atoms with Gasteiger partial charge in [-0.05, 0) is 36.8 Å². The van der Waals surface area contributed by atoms with E-state index < -0.39 is 0 Å². The Labute approximate surface area is 143 Å². The van der Waals surface area contributed by atoms with Crippen LogP contribution in [0.1, 0.15) is 5.56 Å². The molecule has 0 radical (unpaired) electrons. The molecule has 1 N–H and O–H groups in total. The van der Waals surface area contributed by atoms with Crippen molar-refractivity contribution in [2.24, 2.45) is 0 Å². The maximum Gasteiger partial charge on any atom is 0.251 e. The van der Waals surface area contributed by atoms with Crippen molar-refractivity contribution < 1.29 is 0 Å². The summed E-state index contributed by atoms with van der Waals surface area (Å²) in [6.45, 7) is 2.05. The van der Waals surface area contributed by atoms with Crippen LogP contribution in [-0.4, -0.2) is 22.2 Å². The molecule has 0 unspecified atom stereocenters. The smallest absolute Gasteiger partial charge is 0.251 e. The SMILES string of the molecule is Cc1ccc(Nc2cnnc(N(C)c3ccccc3)n2)cc1Br. The molecule has 0 aliphatic rings. The highest BCUT2D eigenvalue weighted by Gasteiger charge is 2.08. The first-order chi connectivity index (χ1) is 11.1. The molecule has 0 aliphatic heterocycles. The van der Waals surface area contributed by atoms with Crippen molar-refractivity contribution >= 4 is 39.1 Å². The molecule has 6 heteroatoms. The number of benzene rings is 2. The summed E-state index contributed by atoms with van der Waals surface area (Å²) in [6, 6.07) is 16.0. The van der Waals surface area contributed by atoms with Crippen molar-refractivity contribution in [2.45, 2.75) is 6.92 Å². The molecule has 0 amide bonds. The van der Waals surface area contributed by atoms with Crippen molar-refractivity contribution in [1.82, 2.24) is 15.2 Å². The molecule has 0 fully saturated rings. The fourth-order valence-electron chi connectivity index (χ4n) is 2.08. The lowest BCUT2D eigenvalue weighted by atomic mass is 10.2. The number of aromatic nitrogens is 3. The summed E-state index contributed by atoms with van der Waals surface area (Å²) in [7, 11) is 1.92. The van der Waals surface area contributed by atoms with Crippen LogP contribution < -0.4 is 10.2 Å². The van der Waals surface area contributed by atoms with Gasteiger partial charge in [0.2, 0.25) is 0 Å². The number of hydrogen-bond donors (Lipinski definition) is 1. The molecule has 23 heavy (non-hydrogen) atoms. The minimum Gasteiger partial charge on any atom is -0.339 e. The van der Waals surface area contributed by atoms with Crippen LogP contribution in [0.25, 0.3) is 0 Å². The predicted octanol–water partition coefficient (Wildman–Crippen LogP) is 4.45. The van der Waals surface area contributed by atoms with E-state index in [9.17, 15) is 0 Å². The number of nitrogens with one attached hydrogen (secondary N) is 1. The number of anilines is 4. The van der Waals surface area contributed by atoms with E-state index in [0.717, 1.165) is 15.8 Å². The normalized spacial score (nSPS) is 10.4. The monoisotopic (exact) mass is 369 g/mol. The Morgan fingerprint density at radius 1 is 1.09 bits per heavy atom. The van der Waals surface area contributed by atoms with E-state index in [1.54, 1.807) is 6.20 Å². The number of hydrogen-bond acceptors (Lipinski definition) is 5. The van der Waals surface area contributed by atoms with Gasteiger partial charge in [0.25, 0.3) is 5.95 Å². The van der Waals surface area contributed by atoms with Crippen molar-refractivity contribution in [3.63, 3.8) is 0 Å². The van der Waals surface area contributed by atoms with Gasteiger partial charge in [-0.15, -0.1) is 5.10 Å². The van der Waals surface area contributed by atoms with E-state index in [2.05, 4.69) is 36.4 Å². The number of aryl methyl sites for hydroxylation is 1. The fraction of sp³-hybridized carbons (Fsp3) is 0.118. The lowest BCUT2D eigenvalue weighted by Gasteiger charge is -2.17. The molecule has 1 heterocycles. The Kier molecular flexibility index (Phi) is 4.52. The molecule has 0 aliphatic carbocycles. The lowest BCUT2D eigenvalue weighted by Crippen LogP contribution is -2.14. The van der Waals surface area contributed by atoms with Gasteiger partial charge >= 0.3 is 0 Å². The summed E-state index contributed by atoms with van der Waals surface area (Å²) in [5.74, 6) is 1.18. The van der Waals surface area contributed by atoms with Crippen LogP contribution in [0.4, 0.5) is 23.1 Å². The average Bonchev–Trinajstić information content (AvgIpc) is 2.58. The van der Waals surface area contributed by atoms with E-state index in [1.165, 1.54) is 5.56 Å². The van der Waals surface area contributed by atoms with Gasteiger partial charge in [-0.1, -0.05) is 40.2 Å². The van der Waals surface area contributed by atoms with Gasteiger partial charge in [-0.25, -0.2) is 0 Å². The van der Waals surface area contributed by atoms with Crippen molar-refractivity contribution in [2.75, 3.05) is 17.3 Å². The van der Waals surface area contributed by atoms with Gasteiger partial charge in [0.05, 0.1) is 6.20 Å². The maximum atomic E-state index is 4.52. The molecular formula is C17H16BrN5. The molecule has 3 aromatic rings. The second kappa shape index (κ2) is 6.75. The number of halogens is 1. The average molecular weight is 370 g/mol. The van der Waals surface area contributed by atoms with Crippen molar-refractivity contribution in [3.05, 3.63) is 64.8 Å². The minimum atomic E-state index is 0.535. The molecular weight excluding hydrogens is 354 g/mol. The summed E-state index contributed by atoms with van der Waals surface area (Å²) in [4.78, 5) is 6.41. The molecule has 0 atom stereocenters. The Balaban J connectivity index is 1.83. The van der Waals surface area contributed by atoms with Gasteiger partial charge < -0.3 is 10.2 Å². The second-order valence-electron chi connectivity index (χ2n) is 5.13. The second-order valence-corrected chi connectivity index (χ2v) is 5.98. The summed E-state index contributed by atoms with van der Waals surface area (Å²) < 4.78 is 1.05. The van der Waals surface area contributed by atoms with Crippen LogP contribution in [-0.2, 0) is 0 Å². The number of rotatable bonds is 4. The van der Waals surface area contributed by atoms with Crippen molar-refractivity contribution in [3.8, 4) is 0 Å². The highest BCUT2D eigenvalue weighted by atomic mass is 79.9. The Morgan fingerprint density at radius 3 is 2.61 bits per heavy atom. The van der Waals surface area contributed by atoms with Gasteiger partial charge in [-0.3, -0.25) is 0 Å². The largest absolute Gasteiger partial charge is 0.339 e. The maximum absolute atomic E-state index is 4.52. The molecule has 0 saturated heterocycles. The molecule has 0 saturated carbocycles. The van der Waals surface area contributed by atoms with Crippen molar-refractivity contribution in [1.29, 1.82) is 0 Å². The topological polar surface area (TPSA) is 53.9 Å². The van der Waals surface area contributed by atoms with Gasteiger partial charge in [0, 0.05) is 22.9 Å². The van der Waals surface area contributed by atoms with E-state index in [1.807, 2.05) is 67.4 Å². The summed E-state index contributed by atoms with van der Waals surface area (Å²) >= 11 is 3.53. The van der Waals surface area contributed by atoms with Crippen LogP contribution >= 0.6 is 15.9 Å². The summed E-state index contributed by atoms with van der Waals surface area (Å²) in [6.07, 6.45) is 1.61. The summed E-state index contributed by atoms with van der Waals surface area (Å²) in [5.41, 5.74) is 3.13. The van der Waals surface area contributed by atoms with E-state index >= 15 is 0 Å². The van der Waals surface area contributed by atoms with Crippen LogP contribution in [0.2, 0.25) is 0 Å². The lowest BCUT2D eigenvalue weighted by molar-refractivity contribution is 0.932. The third-order valence-corrected chi connectivity index (χ3v) is 4.29. The highest BCUT2D eigenvalue weighted by Crippen LogP contribution is 2.24. The van der Waals surface area contributed by atoms with E-state index in [0.29, 0.717) is 11.8 Å². The third kappa shape index (κ3) is 3.65. The molecule has 0 bridgehead atoms. The minimum absolute atomic E-state index is 0.535. The fourth-order valence-corrected chi connectivity index (χ4v) is 2.46. The number of para-hydroxylation sites is 1. The first-order valence-electron chi connectivity index (χ1n) is 7.15. The van der Waals surface area contributed by atoms with Crippen LogP contribution in [0.3, 0.4) is 0 Å². The van der Waals surface area contributed by atoms with E-state index in [4.69, 9.17) is 0 Å². The van der Waals surface area contributed by atoms with Crippen LogP contribution in [0, 0.1) is 6.92 Å². The Bertz CT molecular complexity index is 807. The molecule has 1 aromatic heterocycles. The van der Waals surface area contributed by atoms with Gasteiger partial charge in [0.15, 0.2) is 5.82 Å². The van der Waals surface area contributed by atoms with Crippen LogP contribution in [0.15, 0.2) is 59.2 Å². The Hall–Kier alpha value is -2.47. The molecule has 2 aromatic carbocycles. The predicted molar refractivity (Wildman–Crippen MR) is 96.5 cm³/mol. The van der Waals surface area contributed by atoms with Crippen LogP contribution in [0.5, 0.6) is 0 Å². The zero-order valence-electron chi connectivity index (χ0n) is 12.9. The Morgan fingerprint density at radius 2 is 1.87 bits per heavy atom. The summed E-state index contributed by atoms with van der Waals surface area (Å²) in [5, 5.41) is 11.4. The standard InChI is InChI=1S/C17H16BrN5/c1-12-8-9-13(10-15(12)18)20-16-11-19-22-17(21-16)23(2)14-6-4-3-5-7-14/h3-11H,1-2H3,(H,20,21,22). The first-order valence-corrected chi connectivity index (χ1v) is 7.94.